The number of hydrogen-bond donors (Lipinski definition) is 1. The number of carbonyl (C=O) groups excluding carboxylic acids is 2. The summed E-state index contributed by atoms with van der Waals surface area (Å²) >= 11 is 0. The van der Waals surface area contributed by atoms with E-state index in [0.29, 0.717) is 24.5 Å². The molecule has 0 saturated heterocycles. The van der Waals surface area contributed by atoms with Crippen molar-refractivity contribution in [3.05, 3.63) is 53.2 Å². The highest BCUT2D eigenvalue weighted by atomic mass is 16.3. The third-order valence-corrected chi connectivity index (χ3v) is 4.70. The number of carbonyl (C=O) groups is 2. The Bertz CT molecular complexity index is 768. The molecule has 6 nitrogen and oxygen atoms in total. The molecule has 0 spiro atoms. The molecule has 0 bridgehead atoms. The number of amides is 2. The summed E-state index contributed by atoms with van der Waals surface area (Å²) in [4.78, 5) is 30.9. The van der Waals surface area contributed by atoms with E-state index in [1.807, 2.05) is 38.1 Å². The van der Waals surface area contributed by atoms with Gasteiger partial charge in [0.05, 0.1) is 6.54 Å². The third kappa shape index (κ3) is 7.04. The number of hydrogen-bond acceptors (Lipinski definition) is 4. The molecule has 1 aromatic carbocycles. The summed E-state index contributed by atoms with van der Waals surface area (Å²) in [5.74, 6) is 0.0562. The number of nitrogens with one attached hydrogen (secondary N) is 1. The zero-order valence-corrected chi connectivity index (χ0v) is 17.9. The standard InChI is InChI=1S/C23H33N3O3/c1-4-7-8-9-18-10-12-19(13-11-18)23(28)26(15-6-3)16-21-25-20(17-29-21)22(27)24-14-5-2/h10-13,17H,4-9,14-16H2,1-3H3,(H,24,27). The van der Waals surface area contributed by atoms with E-state index in [-0.39, 0.29) is 24.1 Å². The quantitative estimate of drug-likeness (QED) is 0.529. The molecule has 0 aliphatic carbocycles. The predicted molar refractivity (Wildman–Crippen MR) is 114 cm³/mol. The molecule has 1 aromatic heterocycles. The van der Waals surface area contributed by atoms with Crippen molar-refractivity contribution >= 4 is 11.8 Å². The average molecular weight is 400 g/mol. The lowest BCUT2D eigenvalue weighted by molar-refractivity contribution is 0.0728. The van der Waals surface area contributed by atoms with E-state index in [0.717, 1.165) is 19.3 Å². The number of benzene rings is 1. The molecule has 0 aliphatic rings. The van der Waals surface area contributed by atoms with Gasteiger partial charge in [0.1, 0.15) is 6.26 Å². The Morgan fingerprint density at radius 1 is 1.03 bits per heavy atom. The Morgan fingerprint density at radius 3 is 2.45 bits per heavy atom. The smallest absolute Gasteiger partial charge is 0.273 e. The average Bonchev–Trinajstić information content (AvgIpc) is 3.20. The van der Waals surface area contributed by atoms with E-state index >= 15 is 0 Å². The molecule has 0 saturated carbocycles. The molecule has 1 heterocycles. The molecule has 0 radical (unpaired) electrons. The van der Waals surface area contributed by atoms with Crippen LogP contribution in [-0.4, -0.2) is 34.8 Å². The van der Waals surface area contributed by atoms with E-state index in [9.17, 15) is 9.59 Å². The first-order valence-electron chi connectivity index (χ1n) is 10.7. The van der Waals surface area contributed by atoms with Crippen LogP contribution in [0.5, 0.6) is 0 Å². The molecular formula is C23H33N3O3. The maximum absolute atomic E-state index is 13.0. The lowest BCUT2D eigenvalue weighted by atomic mass is 10.0. The van der Waals surface area contributed by atoms with Crippen LogP contribution in [0, 0.1) is 0 Å². The Kier molecular flexibility index (Phi) is 9.41. The van der Waals surface area contributed by atoms with E-state index in [2.05, 4.69) is 17.2 Å². The SMILES string of the molecule is CCCCCc1ccc(C(=O)N(CCC)Cc2nc(C(=O)NCCC)co2)cc1. The van der Waals surface area contributed by atoms with E-state index in [1.54, 1.807) is 4.90 Å². The van der Waals surface area contributed by atoms with Gasteiger partial charge in [0.2, 0.25) is 5.89 Å². The van der Waals surface area contributed by atoms with Crippen molar-refractivity contribution in [3.63, 3.8) is 0 Å². The first kappa shape index (κ1) is 22.7. The highest BCUT2D eigenvalue weighted by Gasteiger charge is 2.19. The highest BCUT2D eigenvalue weighted by molar-refractivity contribution is 5.94. The van der Waals surface area contributed by atoms with Gasteiger partial charge in [0, 0.05) is 18.7 Å². The summed E-state index contributed by atoms with van der Waals surface area (Å²) in [5, 5.41) is 2.77. The Balaban J connectivity index is 2.02. The molecule has 0 atom stereocenters. The van der Waals surface area contributed by atoms with Gasteiger partial charge in [-0.1, -0.05) is 45.7 Å². The van der Waals surface area contributed by atoms with Crippen LogP contribution >= 0.6 is 0 Å². The summed E-state index contributed by atoms with van der Waals surface area (Å²) in [5.41, 5.74) is 2.16. The van der Waals surface area contributed by atoms with Crippen LogP contribution < -0.4 is 5.32 Å². The predicted octanol–water partition coefficient (Wildman–Crippen LogP) is 4.60. The van der Waals surface area contributed by atoms with Gasteiger partial charge in [-0.3, -0.25) is 9.59 Å². The van der Waals surface area contributed by atoms with Crippen LogP contribution in [0.1, 0.15) is 85.2 Å². The fourth-order valence-corrected chi connectivity index (χ4v) is 3.08. The van der Waals surface area contributed by atoms with Gasteiger partial charge in [0.15, 0.2) is 5.69 Å². The molecule has 29 heavy (non-hydrogen) atoms. The molecule has 2 aromatic rings. The molecule has 6 heteroatoms. The lowest BCUT2D eigenvalue weighted by Crippen LogP contribution is -2.31. The molecular weight excluding hydrogens is 366 g/mol. The fraction of sp³-hybridized carbons (Fsp3) is 0.522. The number of aromatic nitrogens is 1. The van der Waals surface area contributed by atoms with E-state index in [4.69, 9.17) is 4.42 Å². The van der Waals surface area contributed by atoms with Crippen LogP contribution in [0.2, 0.25) is 0 Å². The van der Waals surface area contributed by atoms with Crippen molar-refractivity contribution in [3.8, 4) is 0 Å². The lowest BCUT2D eigenvalue weighted by Gasteiger charge is -2.20. The summed E-state index contributed by atoms with van der Waals surface area (Å²) in [6.07, 6.45) is 7.66. The highest BCUT2D eigenvalue weighted by Crippen LogP contribution is 2.14. The zero-order chi connectivity index (χ0) is 21.1. The van der Waals surface area contributed by atoms with Gasteiger partial charge in [0.25, 0.3) is 11.8 Å². The summed E-state index contributed by atoms with van der Waals surface area (Å²) in [7, 11) is 0. The molecule has 158 valence electrons. The van der Waals surface area contributed by atoms with Gasteiger partial charge >= 0.3 is 0 Å². The molecule has 0 fully saturated rings. The van der Waals surface area contributed by atoms with Gasteiger partial charge in [-0.05, 0) is 43.4 Å². The first-order chi connectivity index (χ1) is 14.1. The summed E-state index contributed by atoms with van der Waals surface area (Å²) in [6.45, 7) is 7.63. The Labute approximate surface area is 173 Å². The Morgan fingerprint density at radius 2 is 1.79 bits per heavy atom. The second-order valence-electron chi connectivity index (χ2n) is 7.26. The number of oxazole rings is 1. The summed E-state index contributed by atoms with van der Waals surface area (Å²) < 4.78 is 5.44. The van der Waals surface area contributed by atoms with Crippen molar-refractivity contribution in [1.29, 1.82) is 0 Å². The fourth-order valence-electron chi connectivity index (χ4n) is 3.08. The molecule has 2 rings (SSSR count). The van der Waals surface area contributed by atoms with Crippen LogP contribution in [0.4, 0.5) is 0 Å². The van der Waals surface area contributed by atoms with Crippen LogP contribution in [0.3, 0.4) is 0 Å². The number of unbranched alkanes of at least 4 members (excludes halogenated alkanes) is 2. The number of aryl methyl sites for hydroxylation is 1. The second kappa shape index (κ2) is 12.0. The minimum Gasteiger partial charge on any atom is -0.446 e. The van der Waals surface area contributed by atoms with Gasteiger partial charge in [-0.2, -0.15) is 0 Å². The van der Waals surface area contributed by atoms with E-state index < -0.39 is 0 Å². The third-order valence-electron chi connectivity index (χ3n) is 4.70. The van der Waals surface area contributed by atoms with Crippen LogP contribution in [0.25, 0.3) is 0 Å². The van der Waals surface area contributed by atoms with Crippen LogP contribution in [-0.2, 0) is 13.0 Å². The van der Waals surface area contributed by atoms with E-state index in [1.165, 1.54) is 31.1 Å². The van der Waals surface area contributed by atoms with Crippen molar-refractivity contribution in [2.75, 3.05) is 13.1 Å². The van der Waals surface area contributed by atoms with Gasteiger partial charge in [-0.15, -0.1) is 0 Å². The van der Waals surface area contributed by atoms with Gasteiger partial charge < -0.3 is 14.6 Å². The minimum absolute atomic E-state index is 0.0536. The maximum Gasteiger partial charge on any atom is 0.273 e. The minimum atomic E-state index is -0.256. The van der Waals surface area contributed by atoms with Crippen LogP contribution in [0.15, 0.2) is 34.9 Å². The number of nitrogens with zero attached hydrogens (tertiary/aromatic N) is 2. The normalized spacial score (nSPS) is 10.7. The zero-order valence-electron chi connectivity index (χ0n) is 17.9. The molecule has 0 unspecified atom stereocenters. The van der Waals surface area contributed by atoms with Crippen molar-refractivity contribution in [2.24, 2.45) is 0 Å². The van der Waals surface area contributed by atoms with Crippen molar-refractivity contribution < 1.29 is 14.0 Å². The topological polar surface area (TPSA) is 75.4 Å². The van der Waals surface area contributed by atoms with Gasteiger partial charge in [-0.25, -0.2) is 4.98 Å². The van der Waals surface area contributed by atoms with Crippen molar-refractivity contribution in [2.45, 2.75) is 65.8 Å². The number of rotatable bonds is 12. The first-order valence-corrected chi connectivity index (χ1v) is 10.7. The largest absolute Gasteiger partial charge is 0.446 e. The van der Waals surface area contributed by atoms with Crippen molar-refractivity contribution in [1.82, 2.24) is 15.2 Å². The Hall–Kier alpha value is -2.63. The molecule has 2 amide bonds. The monoisotopic (exact) mass is 399 g/mol. The maximum atomic E-state index is 13.0. The second-order valence-corrected chi connectivity index (χ2v) is 7.26. The summed E-state index contributed by atoms with van der Waals surface area (Å²) in [6, 6.07) is 7.86. The molecule has 0 aliphatic heterocycles. The molecule has 1 N–H and O–H groups in total.